The topological polar surface area (TPSA) is 84.2 Å². The van der Waals surface area contributed by atoms with Gasteiger partial charge in [-0.3, -0.25) is 9.59 Å². The van der Waals surface area contributed by atoms with Crippen LogP contribution in [-0.2, 0) is 22.6 Å². The smallest absolute Gasteiger partial charge is 0.224 e. The molecule has 0 aromatic heterocycles. The predicted molar refractivity (Wildman–Crippen MR) is 101 cm³/mol. The molecule has 0 bridgehead atoms. The zero-order valence-electron chi connectivity index (χ0n) is 14.5. The molecule has 0 aliphatic heterocycles. The highest BCUT2D eigenvalue weighted by molar-refractivity contribution is 5.90. The van der Waals surface area contributed by atoms with Crippen LogP contribution in [0.1, 0.15) is 37.3 Å². The lowest BCUT2D eigenvalue weighted by Crippen LogP contribution is -2.23. The fraction of sp³-hybridized carbons (Fsp3) is 0.300. The average molecular weight is 339 g/mol. The molecule has 0 aliphatic rings. The second-order valence-electron chi connectivity index (χ2n) is 5.97. The van der Waals surface area contributed by atoms with E-state index >= 15 is 0 Å². The number of carbonyl (C=O) groups excluding carboxylic acids is 2. The average Bonchev–Trinajstić information content (AvgIpc) is 2.60. The molecule has 2 aromatic rings. The van der Waals surface area contributed by atoms with Gasteiger partial charge in [-0.15, -0.1) is 0 Å². The van der Waals surface area contributed by atoms with Gasteiger partial charge in [0.05, 0.1) is 0 Å². The number of hydrogen-bond donors (Lipinski definition) is 3. The first kappa shape index (κ1) is 18.5. The lowest BCUT2D eigenvalue weighted by Gasteiger charge is -2.08. The number of carbonyl (C=O) groups is 2. The first-order chi connectivity index (χ1) is 12.1. The van der Waals surface area contributed by atoms with Crippen LogP contribution in [0, 0.1) is 0 Å². The minimum Gasteiger partial charge on any atom is -0.399 e. The largest absolute Gasteiger partial charge is 0.399 e. The van der Waals surface area contributed by atoms with E-state index < -0.39 is 0 Å². The van der Waals surface area contributed by atoms with Crippen LogP contribution in [0.25, 0.3) is 0 Å². The molecule has 2 rings (SSSR count). The minimum atomic E-state index is -0.0106. The summed E-state index contributed by atoms with van der Waals surface area (Å²) in [6.07, 6.45) is 2.37. The maximum Gasteiger partial charge on any atom is 0.224 e. The Morgan fingerprint density at radius 3 is 2.36 bits per heavy atom. The summed E-state index contributed by atoms with van der Waals surface area (Å²) in [5.74, 6) is 0.00677. The fourth-order valence-corrected chi connectivity index (χ4v) is 2.46. The summed E-state index contributed by atoms with van der Waals surface area (Å²) in [6, 6.07) is 15.1. The molecule has 0 radical (unpaired) electrons. The van der Waals surface area contributed by atoms with E-state index in [4.69, 9.17) is 5.73 Å². The summed E-state index contributed by atoms with van der Waals surface area (Å²) in [7, 11) is 0. The van der Waals surface area contributed by atoms with Crippen molar-refractivity contribution in [1.82, 2.24) is 5.32 Å². The van der Waals surface area contributed by atoms with Crippen LogP contribution < -0.4 is 16.4 Å². The highest BCUT2D eigenvalue weighted by Crippen LogP contribution is 2.13. The molecule has 0 fully saturated rings. The Balaban J connectivity index is 1.76. The zero-order valence-corrected chi connectivity index (χ0v) is 14.5. The molecule has 2 amide bonds. The van der Waals surface area contributed by atoms with E-state index in [1.165, 1.54) is 0 Å². The highest BCUT2D eigenvalue weighted by atomic mass is 16.2. The van der Waals surface area contributed by atoms with Crippen LogP contribution in [0.4, 0.5) is 11.4 Å². The van der Waals surface area contributed by atoms with Crippen molar-refractivity contribution in [1.29, 1.82) is 0 Å². The Labute approximate surface area is 148 Å². The third kappa shape index (κ3) is 6.30. The van der Waals surface area contributed by atoms with Crippen molar-refractivity contribution < 1.29 is 9.59 Å². The number of amides is 2. The summed E-state index contributed by atoms with van der Waals surface area (Å²) in [5, 5.41) is 5.74. The molecule has 0 spiro atoms. The van der Waals surface area contributed by atoms with Crippen LogP contribution in [-0.4, -0.2) is 11.8 Å². The van der Waals surface area contributed by atoms with Crippen LogP contribution in [0.5, 0.6) is 0 Å². The second-order valence-corrected chi connectivity index (χ2v) is 5.97. The van der Waals surface area contributed by atoms with Gasteiger partial charge in [0.15, 0.2) is 0 Å². The van der Waals surface area contributed by atoms with E-state index in [0.717, 1.165) is 28.9 Å². The molecule has 0 saturated carbocycles. The van der Waals surface area contributed by atoms with Gasteiger partial charge in [-0.1, -0.05) is 37.3 Å². The van der Waals surface area contributed by atoms with Gasteiger partial charge < -0.3 is 16.4 Å². The van der Waals surface area contributed by atoms with E-state index in [1.807, 2.05) is 55.5 Å². The van der Waals surface area contributed by atoms with Crippen molar-refractivity contribution in [3.63, 3.8) is 0 Å². The highest BCUT2D eigenvalue weighted by Gasteiger charge is 2.05. The number of nitrogens with two attached hydrogens (primary N) is 1. The molecule has 132 valence electrons. The van der Waals surface area contributed by atoms with Gasteiger partial charge in [0.25, 0.3) is 0 Å². The monoisotopic (exact) mass is 339 g/mol. The van der Waals surface area contributed by atoms with E-state index in [-0.39, 0.29) is 11.8 Å². The van der Waals surface area contributed by atoms with E-state index in [9.17, 15) is 9.59 Å². The van der Waals surface area contributed by atoms with Gasteiger partial charge in [-0.05, 0) is 42.2 Å². The zero-order chi connectivity index (χ0) is 18.1. The summed E-state index contributed by atoms with van der Waals surface area (Å²) in [4.78, 5) is 23.5. The third-order valence-corrected chi connectivity index (χ3v) is 3.88. The normalized spacial score (nSPS) is 10.3. The second kappa shape index (κ2) is 9.47. The molecule has 5 heteroatoms. The summed E-state index contributed by atoms with van der Waals surface area (Å²) in [6.45, 7) is 2.43. The molecule has 0 heterocycles. The lowest BCUT2D eigenvalue weighted by atomic mass is 10.1. The molecule has 0 unspecified atom stereocenters. The Kier molecular flexibility index (Phi) is 7.01. The van der Waals surface area contributed by atoms with Crippen LogP contribution in [0.15, 0.2) is 48.5 Å². The molecule has 5 nitrogen and oxygen atoms in total. The van der Waals surface area contributed by atoms with Crippen LogP contribution in [0.3, 0.4) is 0 Å². The number of benzene rings is 2. The number of nitrogens with one attached hydrogen (secondary N) is 2. The Bertz CT molecular complexity index is 711. The van der Waals surface area contributed by atoms with Crippen molar-refractivity contribution in [2.45, 2.75) is 39.2 Å². The van der Waals surface area contributed by atoms with Crippen molar-refractivity contribution in [3.8, 4) is 0 Å². The number of rotatable bonds is 8. The molecule has 0 aliphatic carbocycles. The van der Waals surface area contributed by atoms with Crippen molar-refractivity contribution >= 4 is 23.2 Å². The molecular formula is C20H25N3O2. The number of anilines is 2. The van der Waals surface area contributed by atoms with Gasteiger partial charge in [-0.25, -0.2) is 0 Å². The quantitative estimate of drug-likeness (QED) is 0.645. The van der Waals surface area contributed by atoms with Crippen LogP contribution >= 0.6 is 0 Å². The van der Waals surface area contributed by atoms with Gasteiger partial charge >= 0.3 is 0 Å². The van der Waals surface area contributed by atoms with Gasteiger partial charge in [0.2, 0.25) is 11.8 Å². The summed E-state index contributed by atoms with van der Waals surface area (Å²) < 4.78 is 0. The summed E-state index contributed by atoms with van der Waals surface area (Å²) >= 11 is 0. The maximum atomic E-state index is 12.0. The van der Waals surface area contributed by atoms with Gasteiger partial charge in [-0.2, -0.15) is 0 Å². The summed E-state index contributed by atoms with van der Waals surface area (Å²) in [5.41, 5.74) is 9.35. The number of aryl methyl sites for hydroxylation is 1. The molecular weight excluding hydrogens is 314 g/mol. The predicted octanol–water partition coefficient (Wildman–Crippen LogP) is 3.26. The number of hydrogen-bond acceptors (Lipinski definition) is 3. The minimum absolute atomic E-state index is 0.0106. The fourth-order valence-electron chi connectivity index (χ4n) is 2.46. The van der Waals surface area contributed by atoms with E-state index in [2.05, 4.69) is 10.6 Å². The van der Waals surface area contributed by atoms with Crippen molar-refractivity contribution in [2.24, 2.45) is 0 Å². The van der Waals surface area contributed by atoms with Crippen molar-refractivity contribution in [3.05, 3.63) is 59.7 Å². The lowest BCUT2D eigenvalue weighted by molar-refractivity contribution is -0.121. The number of nitrogen functional groups attached to an aromatic ring is 1. The maximum absolute atomic E-state index is 12.0. The SMILES string of the molecule is CCCC(=O)Nc1ccc(CNC(=O)CCc2ccccc2N)cc1. The molecule has 0 atom stereocenters. The Hall–Kier alpha value is -2.82. The molecule has 4 N–H and O–H groups in total. The van der Waals surface area contributed by atoms with Crippen molar-refractivity contribution in [2.75, 3.05) is 11.1 Å². The molecule has 25 heavy (non-hydrogen) atoms. The first-order valence-electron chi connectivity index (χ1n) is 8.57. The standard InChI is InChI=1S/C20H25N3O2/c1-2-5-20(25)23-17-11-8-15(9-12-17)14-22-19(24)13-10-16-6-3-4-7-18(16)21/h3-4,6-9,11-12H,2,5,10,13-14,21H2,1H3,(H,22,24)(H,23,25). The van der Waals surface area contributed by atoms with Crippen LogP contribution in [0.2, 0.25) is 0 Å². The van der Waals surface area contributed by atoms with E-state index in [0.29, 0.717) is 25.8 Å². The number of para-hydroxylation sites is 1. The Morgan fingerprint density at radius 1 is 0.960 bits per heavy atom. The van der Waals surface area contributed by atoms with Gasteiger partial charge in [0, 0.05) is 30.8 Å². The molecule has 0 saturated heterocycles. The Morgan fingerprint density at radius 2 is 1.68 bits per heavy atom. The van der Waals surface area contributed by atoms with Gasteiger partial charge in [0.1, 0.15) is 0 Å². The first-order valence-corrected chi connectivity index (χ1v) is 8.57. The third-order valence-electron chi connectivity index (χ3n) is 3.88. The molecule has 2 aromatic carbocycles. The van der Waals surface area contributed by atoms with E-state index in [1.54, 1.807) is 0 Å².